The summed E-state index contributed by atoms with van der Waals surface area (Å²) in [6.07, 6.45) is 1.72. The van der Waals surface area contributed by atoms with Crippen LogP contribution in [0.4, 0.5) is 0 Å². The lowest BCUT2D eigenvalue weighted by Gasteiger charge is -2.19. The van der Waals surface area contributed by atoms with Gasteiger partial charge in [0.25, 0.3) is 5.91 Å². The van der Waals surface area contributed by atoms with Crippen molar-refractivity contribution < 1.29 is 4.79 Å². The van der Waals surface area contributed by atoms with E-state index in [1.807, 2.05) is 64.2 Å². The molecule has 0 unspecified atom stereocenters. The highest BCUT2D eigenvalue weighted by Crippen LogP contribution is 2.29. The number of pyridine rings is 1. The Balaban J connectivity index is 2.03. The van der Waals surface area contributed by atoms with Gasteiger partial charge >= 0.3 is 0 Å². The highest BCUT2D eigenvalue weighted by molar-refractivity contribution is 6.30. The lowest BCUT2D eigenvalue weighted by atomic mass is 10.1. The van der Waals surface area contributed by atoms with Crippen molar-refractivity contribution in [1.82, 2.24) is 29.4 Å². The number of halogens is 1. The van der Waals surface area contributed by atoms with E-state index in [0.29, 0.717) is 35.0 Å². The first kappa shape index (κ1) is 20.1. The van der Waals surface area contributed by atoms with Gasteiger partial charge < -0.3 is 4.90 Å². The quantitative estimate of drug-likeness (QED) is 0.481. The summed E-state index contributed by atoms with van der Waals surface area (Å²) in [7, 11) is 1.86. The van der Waals surface area contributed by atoms with E-state index < -0.39 is 0 Å². The van der Waals surface area contributed by atoms with E-state index in [-0.39, 0.29) is 5.91 Å². The largest absolute Gasteiger partial charge is 0.339 e. The number of nitrogens with zero attached hydrogens (tertiary/aromatic N) is 6. The zero-order valence-corrected chi connectivity index (χ0v) is 18.2. The van der Waals surface area contributed by atoms with Gasteiger partial charge in [-0.05, 0) is 57.2 Å². The second-order valence-corrected chi connectivity index (χ2v) is 7.48. The number of aryl methyl sites for hydroxylation is 2. The van der Waals surface area contributed by atoms with Gasteiger partial charge in [0.2, 0.25) is 0 Å². The molecule has 0 saturated carbocycles. The molecule has 154 valence electrons. The molecule has 0 N–H and O–H groups in total. The summed E-state index contributed by atoms with van der Waals surface area (Å²) >= 11 is 6.06. The minimum Gasteiger partial charge on any atom is -0.339 e. The maximum atomic E-state index is 13.4. The van der Waals surface area contributed by atoms with Crippen molar-refractivity contribution in [2.45, 2.75) is 20.8 Å². The van der Waals surface area contributed by atoms with Gasteiger partial charge in [0, 0.05) is 31.4 Å². The second kappa shape index (κ2) is 7.91. The molecule has 0 fully saturated rings. The number of hydrogen-bond acceptors (Lipinski definition) is 4. The summed E-state index contributed by atoms with van der Waals surface area (Å²) in [5.74, 6) is -0.0328. The maximum Gasteiger partial charge on any atom is 0.254 e. The fraction of sp³-hybridized carbons (Fsp3) is 0.273. The molecule has 0 atom stereocenters. The standard InChI is InChI=1S/C22H23ClN6O/c1-5-28(6-2)22(30)17-13-18(19-11-12-24-27(19)4)25-21-20(17)14(3)26-29(21)16-9-7-15(23)8-10-16/h7-13H,5-6H2,1-4H3. The molecule has 0 spiro atoms. The van der Waals surface area contributed by atoms with Crippen molar-refractivity contribution in [2.24, 2.45) is 7.05 Å². The third kappa shape index (κ3) is 3.35. The Morgan fingerprint density at radius 2 is 1.83 bits per heavy atom. The molecule has 0 aliphatic rings. The van der Waals surface area contributed by atoms with Crippen LogP contribution in [-0.2, 0) is 7.05 Å². The first-order valence-corrected chi connectivity index (χ1v) is 10.3. The first-order chi connectivity index (χ1) is 14.4. The van der Waals surface area contributed by atoms with E-state index in [0.717, 1.165) is 22.5 Å². The molecule has 0 aliphatic carbocycles. The summed E-state index contributed by atoms with van der Waals surface area (Å²) in [6, 6.07) is 11.1. The highest BCUT2D eigenvalue weighted by atomic mass is 35.5. The van der Waals surface area contributed by atoms with Gasteiger partial charge in [-0.3, -0.25) is 9.48 Å². The van der Waals surface area contributed by atoms with Gasteiger partial charge in [0.1, 0.15) is 0 Å². The molecule has 4 aromatic rings. The first-order valence-electron chi connectivity index (χ1n) is 9.88. The van der Waals surface area contributed by atoms with E-state index >= 15 is 0 Å². The Labute approximate surface area is 179 Å². The number of fused-ring (bicyclic) bond motifs is 1. The van der Waals surface area contributed by atoms with Gasteiger partial charge in [-0.15, -0.1) is 0 Å². The number of benzene rings is 1. The number of hydrogen-bond donors (Lipinski definition) is 0. The Hall–Kier alpha value is -3.19. The summed E-state index contributed by atoms with van der Waals surface area (Å²) in [6.45, 7) is 7.12. The van der Waals surface area contributed by atoms with Crippen LogP contribution in [-0.4, -0.2) is 48.4 Å². The van der Waals surface area contributed by atoms with Gasteiger partial charge in [0.15, 0.2) is 5.65 Å². The molecule has 7 nitrogen and oxygen atoms in total. The highest BCUT2D eigenvalue weighted by Gasteiger charge is 2.24. The Morgan fingerprint density at radius 1 is 1.13 bits per heavy atom. The van der Waals surface area contributed by atoms with Crippen LogP contribution in [0.25, 0.3) is 28.1 Å². The van der Waals surface area contributed by atoms with Crippen molar-refractivity contribution in [3.8, 4) is 17.1 Å². The predicted molar refractivity (Wildman–Crippen MR) is 118 cm³/mol. The zero-order chi connectivity index (χ0) is 21.4. The van der Waals surface area contributed by atoms with Gasteiger partial charge in [-0.25, -0.2) is 9.67 Å². The Morgan fingerprint density at radius 3 is 2.43 bits per heavy atom. The van der Waals surface area contributed by atoms with Crippen LogP contribution < -0.4 is 0 Å². The molecule has 3 aromatic heterocycles. The van der Waals surface area contributed by atoms with Gasteiger partial charge in [0.05, 0.1) is 33.7 Å². The van der Waals surface area contributed by atoms with Gasteiger partial charge in [-0.2, -0.15) is 10.2 Å². The monoisotopic (exact) mass is 422 g/mol. The van der Waals surface area contributed by atoms with E-state index in [4.69, 9.17) is 21.7 Å². The van der Waals surface area contributed by atoms with Crippen molar-refractivity contribution in [3.63, 3.8) is 0 Å². The van der Waals surface area contributed by atoms with E-state index in [1.165, 1.54) is 0 Å². The van der Waals surface area contributed by atoms with Crippen LogP contribution in [0.5, 0.6) is 0 Å². The van der Waals surface area contributed by atoms with Crippen LogP contribution in [0, 0.1) is 6.92 Å². The molecular formula is C22H23ClN6O. The van der Waals surface area contributed by atoms with Crippen molar-refractivity contribution in [2.75, 3.05) is 13.1 Å². The van der Waals surface area contributed by atoms with Crippen LogP contribution in [0.3, 0.4) is 0 Å². The zero-order valence-electron chi connectivity index (χ0n) is 17.4. The molecule has 0 bridgehead atoms. The molecule has 0 saturated heterocycles. The SMILES string of the molecule is CCN(CC)C(=O)c1cc(-c2ccnn2C)nc2c1c(C)nn2-c1ccc(Cl)cc1. The second-order valence-electron chi connectivity index (χ2n) is 7.04. The molecule has 1 aromatic carbocycles. The smallest absolute Gasteiger partial charge is 0.254 e. The van der Waals surface area contributed by atoms with E-state index in [1.54, 1.807) is 20.5 Å². The van der Waals surface area contributed by atoms with Crippen molar-refractivity contribution >= 4 is 28.5 Å². The minimum absolute atomic E-state index is 0.0328. The number of aromatic nitrogens is 5. The molecular weight excluding hydrogens is 400 g/mol. The molecule has 0 aliphatic heterocycles. The summed E-state index contributed by atoms with van der Waals surface area (Å²) in [5, 5.41) is 10.4. The molecule has 4 rings (SSSR count). The fourth-order valence-corrected chi connectivity index (χ4v) is 3.78. The maximum absolute atomic E-state index is 13.4. The van der Waals surface area contributed by atoms with Crippen LogP contribution in [0.15, 0.2) is 42.6 Å². The minimum atomic E-state index is -0.0328. The van der Waals surface area contributed by atoms with Crippen LogP contribution in [0.2, 0.25) is 5.02 Å². The number of rotatable bonds is 5. The number of carbonyl (C=O) groups excluding carboxylic acids is 1. The predicted octanol–water partition coefficient (Wildman–Crippen LogP) is 4.26. The molecule has 8 heteroatoms. The molecule has 30 heavy (non-hydrogen) atoms. The topological polar surface area (TPSA) is 68.8 Å². The van der Waals surface area contributed by atoms with E-state index in [2.05, 4.69) is 5.10 Å². The van der Waals surface area contributed by atoms with Gasteiger partial charge in [-0.1, -0.05) is 11.6 Å². The average molecular weight is 423 g/mol. The molecule has 1 amide bonds. The summed E-state index contributed by atoms with van der Waals surface area (Å²) < 4.78 is 3.51. The number of amides is 1. The Bertz CT molecular complexity index is 1220. The third-order valence-corrected chi connectivity index (χ3v) is 5.50. The summed E-state index contributed by atoms with van der Waals surface area (Å²) in [4.78, 5) is 20.1. The molecule has 3 heterocycles. The fourth-order valence-electron chi connectivity index (χ4n) is 3.66. The van der Waals surface area contributed by atoms with Crippen molar-refractivity contribution in [3.05, 3.63) is 58.9 Å². The molecule has 0 radical (unpaired) electrons. The Kier molecular flexibility index (Phi) is 5.30. The van der Waals surface area contributed by atoms with Crippen molar-refractivity contribution in [1.29, 1.82) is 0 Å². The van der Waals surface area contributed by atoms with E-state index in [9.17, 15) is 4.79 Å². The number of carbonyl (C=O) groups is 1. The average Bonchev–Trinajstić information content (AvgIpc) is 3.32. The normalized spacial score (nSPS) is 11.2. The lowest BCUT2D eigenvalue weighted by Crippen LogP contribution is -2.30. The van der Waals surface area contributed by atoms with Crippen LogP contribution in [0.1, 0.15) is 29.9 Å². The third-order valence-electron chi connectivity index (χ3n) is 5.25. The lowest BCUT2D eigenvalue weighted by molar-refractivity contribution is 0.0775. The summed E-state index contributed by atoms with van der Waals surface area (Å²) in [5.41, 5.74) is 4.30. The van der Waals surface area contributed by atoms with Crippen LogP contribution >= 0.6 is 11.6 Å².